The van der Waals surface area contributed by atoms with E-state index in [4.69, 9.17) is 4.74 Å². The third-order valence-electron chi connectivity index (χ3n) is 3.28. The van der Waals surface area contributed by atoms with Crippen LogP contribution in [0.2, 0.25) is 0 Å². The number of carbonyl (C=O) groups is 2. The van der Waals surface area contributed by atoms with Crippen LogP contribution in [0.4, 0.5) is 5.69 Å². The Kier molecular flexibility index (Phi) is 6.67. The van der Waals surface area contributed by atoms with Gasteiger partial charge in [-0.15, -0.1) is 0 Å². The first kappa shape index (κ1) is 20.1. The fraction of sp³-hybridized carbons (Fsp3) is 0.167. The molecule has 0 aromatic heterocycles. The van der Waals surface area contributed by atoms with Crippen LogP contribution in [0, 0.1) is 0 Å². The molecule has 0 aliphatic carbocycles. The van der Waals surface area contributed by atoms with Crippen LogP contribution in [-0.4, -0.2) is 39.3 Å². The summed E-state index contributed by atoms with van der Waals surface area (Å²) in [6, 6.07) is 14.8. The summed E-state index contributed by atoms with van der Waals surface area (Å²) in [6.45, 7) is 0.908. The molecule has 142 valence electrons. The lowest BCUT2D eigenvalue weighted by atomic mass is 10.2. The Labute approximate surface area is 157 Å². The highest BCUT2D eigenvalue weighted by molar-refractivity contribution is 7.92. The summed E-state index contributed by atoms with van der Waals surface area (Å²) in [4.78, 5) is 22.9. The lowest BCUT2D eigenvalue weighted by molar-refractivity contribution is -0.131. The average molecular weight is 389 g/mol. The molecule has 1 N–H and O–H groups in total. The summed E-state index contributed by atoms with van der Waals surface area (Å²) >= 11 is 0. The summed E-state index contributed by atoms with van der Waals surface area (Å²) in [6.07, 6.45) is 2.42. The summed E-state index contributed by atoms with van der Waals surface area (Å²) in [5.74, 6) is -0.607. The zero-order valence-corrected chi connectivity index (χ0v) is 15.6. The molecule has 2 aromatic rings. The normalized spacial score (nSPS) is 11.2. The molecule has 0 radical (unpaired) electrons. The minimum atomic E-state index is -3.63. The number of sulfonamides is 1. The molecular weight excluding hydrogens is 370 g/mol. The SMILES string of the molecule is CC(=O)Oc1ccc(/C=N\NC(=O)CN(c2ccccc2)S(C)(=O)=O)cc1. The second kappa shape index (κ2) is 8.95. The lowest BCUT2D eigenvalue weighted by Gasteiger charge is -2.21. The molecule has 0 aliphatic heterocycles. The molecule has 9 heteroatoms. The zero-order valence-electron chi connectivity index (χ0n) is 14.8. The Morgan fingerprint density at radius 3 is 2.30 bits per heavy atom. The van der Waals surface area contributed by atoms with E-state index in [1.165, 1.54) is 13.1 Å². The van der Waals surface area contributed by atoms with Crippen LogP contribution in [-0.2, 0) is 19.6 Å². The monoisotopic (exact) mass is 389 g/mol. The number of para-hydroxylation sites is 1. The van der Waals surface area contributed by atoms with Gasteiger partial charge in [-0.05, 0) is 42.0 Å². The van der Waals surface area contributed by atoms with Crippen molar-refractivity contribution in [1.82, 2.24) is 5.43 Å². The highest BCUT2D eigenvalue weighted by Crippen LogP contribution is 2.16. The van der Waals surface area contributed by atoms with Crippen molar-refractivity contribution in [3.05, 3.63) is 60.2 Å². The second-order valence-corrected chi connectivity index (χ2v) is 7.47. The number of hydrazone groups is 1. The summed E-state index contributed by atoms with van der Waals surface area (Å²) in [5.41, 5.74) is 3.34. The number of ether oxygens (including phenoxy) is 1. The first-order chi connectivity index (χ1) is 12.8. The van der Waals surface area contributed by atoms with Crippen molar-refractivity contribution >= 4 is 33.8 Å². The Bertz CT molecular complexity index is 925. The van der Waals surface area contributed by atoms with Gasteiger partial charge in [0.15, 0.2) is 0 Å². The van der Waals surface area contributed by atoms with E-state index in [-0.39, 0.29) is 0 Å². The number of amides is 1. The highest BCUT2D eigenvalue weighted by atomic mass is 32.2. The maximum Gasteiger partial charge on any atom is 0.308 e. The van der Waals surface area contributed by atoms with Gasteiger partial charge < -0.3 is 4.74 Å². The summed E-state index contributed by atoms with van der Waals surface area (Å²) < 4.78 is 29.8. The van der Waals surface area contributed by atoms with Gasteiger partial charge in [-0.1, -0.05) is 18.2 Å². The topological polar surface area (TPSA) is 105 Å². The molecule has 0 saturated heterocycles. The largest absolute Gasteiger partial charge is 0.427 e. The van der Waals surface area contributed by atoms with Crippen molar-refractivity contribution in [3.63, 3.8) is 0 Å². The highest BCUT2D eigenvalue weighted by Gasteiger charge is 2.20. The maximum absolute atomic E-state index is 12.1. The van der Waals surface area contributed by atoms with E-state index >= 15 is 0 Å². The summed E-state index contributed by atoms with van der Waals surface area (Å²) in [5, 5.41) is 3.81. The van der Waals surface area contributed by atoms with Gasteiger partial charge in [-0.3, -0.25) is 13.9 Å². The van der Waals surface area contributed by atoms with Crippen LogP contribution in [0.1, 0.15) is 12.5 Å². The molecule has 2 rings (SSSR count). The van der Waals surface area contributed by atoms with Gasteiger partial charge in [0.05, 0.1) is 18.2 Å². The van der Waals surface area contributed by atoms with Crippen LogP contribution >= 0.6 is 0 Å². The van der Waals surface area contributed by atoms with Crippen LogP contribution < -0.4 is 14.5 Å². The fourth-order valence-corrected chi connectivity index (χ4v) is 2.98. The number of nitrogens with zero attached hydrogens (tertiary/aromatic N) is 2. The number of hydrogen-bond donors (Lipinski definition) is 1. The Balaban J connectivity index is 1.98. The van der Waals surface area contributed by atoms with Gasteiger partial charge in [0.25, 0.3) is 5.91 Å². The number of rotatable bonds is 7. The molecule has 1 amide bonds. The molecule has 0 spiro atoms. The van der Waals surface area contributed by atoms with Crippen molar-refractivity contribution in [1.29, 1.82) is 0 Å². The quantitative estimate of drug-likeness (QED) is 0.335. The van der Waals surface area contributed by atoms with Gasteiger partial charge in [0, 0.05) is 6.92 Å². The molecule has 0 unspecified atom stereocenters. The molecular formula is C18H19N3O5S. The Morgan fingerprint density at radius 1 is 1.11 bits per heavy atom. The number of anilines is 1. The van der Waals surface area contributed by atoms with Gasteiger partial charge in [0.1, 0.15) is 12.3 Å². The van der Waals surface area contributed by atoms with Gasteiger partial charge >= 0.3 is 5.97 Å². The number of carbonyl (C=O) groups excluding carboxylic acids is 2. The van der Waals surface area contributed by atoms with Crippen molar-refractivity contribution in [2.45, 2.75) is 6.92 Å². The predicted molar refractivity (Wildman–Crippen MR) is 102 cm³/mol. The van der Waals surface area contributed by atoms with E-state index in [2.05, 4.69) is 10.5 Å². The number of nitrogens with one attached hydrogen (secondary N) is 1. The third-order valence-corrected chi connectivity index (χ3v) is 4.42. The van der Waals surface area contributed by atoms with Gasteiger partial charge in [-0.25, -0.2) is 13.8 Å². The van der Waals surface area contributed by atoms with Crippen molar-refractivity contribution in [3.8, 4) is 5.75 Å². The van der Waals surface area contributed by atoms with E-state index in [1.807, 2.05) is 0 Å². The fourth-order valence-electron chi connectivity index (χ4n) is 2.13. The molecule has 0 saturated carbocycles. The first-order valence-corrected chi connectivity index (χ1v) is 9.73. The summed E-state index contributed by atoms with van der Waals surface area (Å²) in [7, 11) is -3.63. The smallest absolute Gasteiger partial charge is 0.308 e. The number of benzene rings is 2. The van der Waals surface area contributed by atoms with E-state index in [9.17, 15) is 18.0 Å². The second-order valence-electron chi connectivity index (χ2n) is 5.56. The molecule has 0 aliphatic rings. The predicted octanol–water partition coefficient (Wildman–Crippen LogP) is 1.53. The van der Waals surface area contributed by atoms with Crippen molar-refractivity contribution in [2.75, 3.05) is 17.1 Å². The van der Waals surface area contributed by atoms with Gasteiger partial charge in [-0.2, -0.15) is 5.10 Å². The standard InChI is InChI=1S/C18H19N3O5S/c1-14(22)26-17-10-8-15(9-11-17)12-19-20-18(23)13-21(27(2,24)25)16-6-4-3-5-7-16/h3-12H,13H2,1-2H3,(H,20,23)/b19-12-. The molecule has 0 fully saturated rings. The molecule has 0 heterocycles. The van der Waals surface area contributed by atoms with E-state index in [1.54, 1.807) is 54.6 Å². The molecule has 0 atom stereocenters. The van der Waals surface area contributed by atoms with Crippen LogP contribution in [0.5, 0.6) is 5.75 Å². The Morgan fingerprint density at radius 2 is 1.74 bits per heavy atom. The zero-order chi connectivity index (χ0) is 19.9. The van der Waals surface area contributed by atoms with E-state index in [0.717, 1.165) is 10.6 Å². The van der Waals surface area contributed by atoms with E-state index < -0.39 is 28.4 Å². The number of esters is 1. The van der Waals surface area contributed by atoms with E-state index in [0.29, 0.717) is 17.0 Å². The van der Waals surface area contributed by atoms with Crippen molar-refractivity contribution in [2.24, 2.45) is 5.10 Å². The maximum atomic E-state index is 12.1. The minimum Gasteiger partial charge on any atom is -0.427 e. The Hall–Kier alpha value is -3.20. The van der Waals surface area contributed by atoms with Crippen LogP contribution in [0.3, 0.4) is 0 Å². The minimum absolute atomic E-state index is 0.389. The molecule has 27 heavy (non-hydrogen) atoms. The van der Waals surface area contributed by atoms with Crippen LogP contribution in [0.15, 0.2) is 59.7 Å². The third kappa shape index (κ3) is 6.55. The first-order valence-electron chi connectivity index (χ1n) is 7.89. The lowest BCUT2D eigenvalue weighted by Crippen LogP contribution is -2.38. The molecule has 2 aromatic carbocycles. The van der Waals surface area contributed by atoms with Crippen LogP contribution in [0.25, 0.3) is 0 Å². The van der Waals surface area contributed by atoms with Gasteiger partial charge in [0.2, 0.25) is 10.0 Å². The van der Waals surface area contributed by atoms with Crippen molar-refractivity contribution < 1.29 is 22.7 Å². The number of hydrogen-bond acceptors (Lipinski definition) is 6. The molecule has 8 nitrogen and oxygen atoms in total. The molecule has 0 bridgehead atoms. The average Bonchev–Trinajstić information content (AvgIpc) is 2.60.